The van der Waals surface area contributed by atoms with Gasteiger partial charge in [-0.2, -0.15) is 0 Å². The molecule has 4 saturated carbocycles. The van der Waals surface area contributed by atoms with E-state index in [9.17, 15) is 9.59 Å². The fraction of sp³-hybridized carbons (Fsp3) is 0.750. The minimum atomic E-state index is -0.273. The van der Waals surface area contributed by atoms with Crippen LogP contribution in [0.2, 0.25) is 0 Å². The molecule has 1 amide bonds. The van der Waals surface area contributed by atoms with Crippen LogP contribution >= 0.6 is 11.8 Å². The van der Waals surface area contributed by atoms with E-state index in [0.717, 1.165) is 42.0 Å². The summed E-state index contributed by atoms with van der Waals surface area (Å²) in [4.78, 5) is 26.6. The summed E-state index contributed by atoms with van der Waals surface area (Å²) < 4.78 is 0. The molecular weight excluding hydrogens is 270 g/mol. The van der Waals surface area contributed by atoms with Crippen molar-refractivity contribution in [3.8, 4) is 0 Å². The van der Waals surface area contributed by atoms with Crippen molar-refractivity contribution < 1.29 is 9.59 Å². The van der Waals surface area contributed by atoms with Crippen LogP contribution in [0.25, 0.3) is 0 Å². The van der Waals surface area contributed by atoms with Gasteiger partial charge < -0.3 is 0 Å². The Labute approximate surface area is 124 Å². The highest BCUT2D eigenvalue weighted by atomic mass is 32.2. The number of carbonyl (C=O) groups excluding carboxylic acids is 2. The molecule has 1 heterocycles. The van der Waals surface area contributed by atoms with Crippen LogP contribution in [0.1, 0.15) is 45.4 Å². The van der Waals surface area contributed by atoms with Gasteiger partial charge >= 0.3 is 0 Å². The molecule has 4 aliphatic carbocycles. The normalized spacial score (nSPS) is 43.1. The molecule has 0 atom stereocenters. The van der Waals surface area contributed by atoms with Crippen molar-refractivity contribution >= 4 is 23.5 Å². The van der Waals surface area contributed by atoms with Gasteiger partial charge in [-0.05, 0) is 69.5 Å². The van der Waals surface area contributed by atoms with Crippen molar-refractivity contribution in [1.82, 2.24) is 4.90 Å². The van der Waals surface area contributed by atoms with Crippen LogP contribution in [0.15, 0.2) is 10.6 Å². The van der Waals surface area contributed by atoms with Crippen LogP contribution in [0.4, 0.5) is 0 Å². The molecule has 0 aromatic rings. The first kappa shape index (κ1) is 12.9. The van der Waals surface area contributed by atoms with E-state index in [0.29, 0.717) is 5.57 Å². The van der Waals surface area contributed by atoms with E-state index >= 15 is 0 Å². The van der Waals surface area contributed by atoms with Crippen molar-refractivity contribution in [2.45, 2.75) is 51.0 Å². The van der Waals surface area contributed by atoms with E-state index < -0.39 is 0 Å². The number of hydrogen-bond donors (Lipinski definition) is 0. The number of Topliss-reactive ketones (excluding diaryl/α,β-unsaturated/α-hetero) is 1. The second-order valence-corrected chi connectivity index (χ2v) is 8.04. The van der Waals surface area contributed by atoms with Crippen LogP contribution in [-0.4, -0.2) is 28.4 Å². The second-order valence-electron chi connectivity index (χ2n) is 7.25. The first-order valence-electron chi connectivity index (χ1n) is 7.68. The summed E-state index contributed by atoms with van der Waals surface area (Å²) >= 11 is 1.57. The molecule has 20 heavy (non-hydrogen) atoms. The fourth-order valence-corrected chi connectivity index (χ4v) is 6.49. The predicted molar refractivity (Wildman–Crippen MR) is 79.0 cm³/mol. The molecule has 4 heteroatoms. The van der Waals surface area contributed by atoms with Crippen molar-refractivity contribution in [2.24, 2.45) is 17.8 Å². The van der Waals surface area contributed by atoms with Crippen LogP contribution in [0.3, 0.4) is 0 Å². The third-order valence-corrected chi connectivity index (χ3v) is 6.81. The maximum Gasteiger partial charge on any atom is 0.300 e. The lowest BCUT2D eigenvalue weighted by Crippen LogP contribution is -2.60. The molecule has 0 unspecified atom stereocenters. The summed E-state index contributed by atoms with van der Waals surface area (Å²) in [5, 5.41) is 0.932. The standard InChI is InChI=1S/C16H21NO2S/c1-9-13(18)14(19)17(15(9)20-2)16-6-10-3-11(7-16)5-12(4-10)8-16/h10-12H,3-8H2,1-2H3. The van der Waals surface area contributed by atoms with Gasteiger partial charge in [-0.3, -0.25) is 14.5 Å². The number of ketones is 1. The quantitative estimate of drug-likeness (QED) is 0.734. The summed E-state index contributed by atoms with van der Waals surface area (Å²) in [6.45, 7) is 1.81. The zero-order valence-corrected chi connectivity index (χ0v) is 13.0. The Kier molecular flexibility index (Phi) is 2.67. The lowest BCUT2D eigenvalue weighted by atomic mass is 9.52. The zero-order chi connectivity index (χ0) is 14.1. The van der Waals surface area contributed by atoms with Crippen molar-refractivity contribution in [2.75, 3.05) is 6.26 Å². The van der Waals surface area contributed by atoms with Gasteiger partial charge in [0, 0.05) is 11.1 Å². The third kappa shape index (κ3) is 1.54. The van der Waals surface area contributed by atoms with E-state index in [1.807, 2.05) is 18.1 Å². The summed E-state index contributed by atoms with van der Waals surface area (Å²) in [6.07, 6.45) is 9.41. The van der Waals surface area contributed by atoms with E-state index in [2.05, 4.69) is 0 Å². The van der Waals surface area contributed by atoms with Crippen molar-refractivity contribution in [3.05, 3.63) is 10.6 Å². The van der Waals surface area contributed by atoms with E-state index in [1.54, 1.807) is 11.8 Å². The van der Waals surface area contributed by atoms with Gasteiger partial charge in [-0.15, -0.1) is 11.8 Å². The minimum absolute atomic E-state index is 0.0302. The van der Waals surface area contributed by atoms with Gasteiger partial charge in [-0.25, -0.2) is 0 Å². The highest BCUT2D eigenvalue weighted by Gasteiger charge is 2.57. The Bertz CT molecular complexity index is 501. The van der Waals surface area contributed by atoms with E-state index in [1.165, 1.54) is 19.3 Å². The number of thioether (sulfide) groups is 1. The van der Waals surface area contributed by atoms with Gasteiger partial charge in [0.25, 0.3) is 5.91 Å². The lowest BCUT2D eigenvalue weighted by molar-refractivity contribution is -0.149. The smallest absolute Gasteiger partial charge is 0.293 e. The minimum Gasteiger partial charge on any atom is -0.293 e. The van der Waals surface area contributed by atoms with Crippen molar-refractivity contribution in [1.29, 1.82) is 0 Å². The maximum absolute atomic E-state index is 12.5. The maximum atomic E-state index is 12.5. The number of carbonyl (C=O) groups is 2. The molecule has 0 radical (unpaired) electrons. The summed E-state index contributed by atoms with van der Waals surface area (Å²) in [6, 6.07) is 0. The fourth-order valence-electron chi connectivity index (χ4n) is 5.63. The Balaban J connectivity index is 1.77. The topological polar surface area (TPSA) is 37.4 Å². The molecule has 4 bridgehead atoms. The zero-order valence-electron chi connectivity index (χ0n) is 12.1. The van der Waals surface area contributed by atoms with E-state index in [4.69, 9.17) is 0 Å². The number of nitrogens with zero attached hydrogens (tertiary/aromatic N) is 1. The molecule has 4 fully saturated rings. The number of amides is 1. The molecule has 108 valence electrons. The summed E-state index contributed by atoms with van der Waals surface area (Å²) in [5.41, 5.74) is 0.635. The molecular formula is C16H21NO2S. The molecule has 0 spiro atoms. The molecule has 5 aliphatic rings. The first-order chi connectivity index (χ1) is 9.54. The highest BCUT2D eigenvalue weighted by molar-refractivity contribution is 8.02. The first-order valence-corrected chi connectivity index (χ1v) is 8.90. The summed E-state index contributed by atoms with van der Waals surface area (Å²) in [5.74, 6) is 1.83. The van der Waals surface area contributed by atoms with Crippen LogP contribution in [0.5, 0.6) is 0 Å². The molecule has 1 aliphatic heterocycles. The number of rotatable bonds is 2. The summed E-state index contributed by atoms with van der Waals surface area (Å²) in [7, 11) is 0. The Morgan fingerprint density at radius 3 is 2.00 bits per heavy atom. The molecule has 0 aromatic heterocycles. The van der Waals surface area contributed by atoms with Crippen molar-refractivity contribution in [3.63, 3.8) is 0 Å². The average molecular weight is 291 g/mol. The molecule has 0 N–H and O–H groups in total. The van der Waals surface area contributed by atoms with Crippen LogP contribution in [0, 0.1) is 17.8 Å². The SMILES string of the molecule is CSC1=C(C)C(=O)C(=O)N1C12CC3CC(CC(C3)C1)C2. The van der Waals surface area contributed by atoms with Gasteiger partial charge in [0.05, 0.1) is 5.03 Å². The van der Waals surface area contributed by atoms with Gasteiger partial charge in [-0.1, -0.05) is 0 Å². The molecule has 0 aromatic carbocycles. The lowest BCUT2D eigenvalue weighted by Gasteiger charge is -2.59. The van der Waals surface area contributed by atoms with Gasteiger partial charge in [0.1, 0.15) is 0 Å². The molecule has 5 rings (SSSR count). The molecule has 3 nitrogen and oxygen atoms in total. The Hall–Kier alpha value is -0.770. The molecule has 0 saturated heterocycles. The van der Waals surface area contributed by atoms with Gasteiger partial charge in [0.15, 0.2) is 0 Å². The van der Waals surface area contributed by atoms with Crippen LogP contribution in [-0.2, 0) is 9.59 Å². The average Bonchev–Trinajstić information content (AvgIpc) is 2.61. The third-order valence-electron chi connectivity index (χ3n) is 5.94. The second kappa shape index (κ2) is 4.12. The largest absolute Gasteiger partial charge is 0.300 e. The predicted octanol–water partition coefficient (Wildman–Crippen LogP) is 2.96. The van der Waals surface area contributed by atoms with E-state index in [-0.39, 0.29) is 17.2 Å². The Morgan fingerprint density at radius 2 is 1.55 bits per heavy atom. The Morgan fingerprint density at radius 1 is 1.05 bits per heavy atom. The van der Waals surface area contributed by atoms with Crippen LogP contribution < -0.4 is 0 Å². The highest BCUT2D eigenvalue weighted by Crippen LogP contribution is 2.59. The monoisotopic (exact) mass is 291 g/mol. The number of hydrogen-bond acceptors (Lipinski definition) is 3. The van der Waals surface area contributed by atoms with Gasteiger partial charge in [0.2, 0.25) is 5.78 Å².